The number of hydrogen-bond donors (Lipinski definition) is 3. The lowest BCUT2D eigenvalue weighted by atomic mass is 10.1. The van der Waals surface area contributed by atoms with E-state index in [1.54, 1.807) is 31.2 Å². The van der Waals surface area contributed by atoms with Crippen molar-refractivity contribution in [3.05, 3.63) is 63.2 Å². The number of rotatable bonds is 8. The zero-order chi connectivity index (χ0) is 25.1. The molecule has 0 atom stereocenters. The van der Waals surface area contributed by atoms with Gasteiger partial charge in [0.2, 0.25) is 0 Å². The van der Waals surface area contributed by atoms with Crippen LogP contribution < -0.4 is 15.5 Å². The fourth-order valence-corrected chi connectivity index (χ4v) is 4.00. The predicted molar refractivity (Wildman–Crippen MR) is 129 cm³/mol. The predicted octanol–water partition coefficient (Wildman–Crippen LogP) is 2.25. The molecule has 0 radical (unpaired) electrons. The molecule has 2 fully saturated rings. The Kier molecular flexibility index (Phi) is 6.97. The smallest absolute Gasteiger partial charge is 0.317 e. The average Bonchev–Trinajstić information content (AvgIpc) is 3.64. The van der Waals surface area contributed by atoms with E-state index in [0.29, 0.717) is 43.1 Å². The normalized spacial score (nSPS) is 16.0. The first kappa shape index (κ1) is 24.1. The highest BCUT2D eigenvalue weighted by molar-refractivity contribution is 6.08. The van der Waals surface area contributed by atoms with E-state index in [0.717, 1.165) is 18.4 Å². The fraction of sp³-hybridized carbons (Fsp3) is 0.375. The third kappa shape index (κ3) is 5.93. The van der Waals surface area contributed by atoms with Crippen LogP contribution in [-0.4, -0.2) is 71.5 Å². The number of nitro groups is 1. The summed E-state index contributed by atoms with van der Waals surface area (Å²) in [6.07, 6.45) is 1.91. The Morgan fingerprint density at radius 1 is 1.06 bits per heavy atom. The maximum absolute atomic E-state index is 13.2. The quantitative estimate of drug-likeness (QED) is 0.385. The second-order valence-electron chi connectivity index (χ2n) is 8.85. The minimum Gasteiger partial charge on any atom is -0.480 e. The van der Waals surface area contributed by atoms with E-state index in [4.69, 9.17) is 5.11 Å². The molecule has 1 heterocycles. The fourth-order valence-electron chi connectivity index (χ4n) is 4.00. The van der Waals surface area contributed by atoms with Gasteiger partial charge in [0, 0.05) is 55.2 Å². The second kappa shape index (κ2) is 10.1. The first-order valence-corrected chi connectivity index (χ1v) is 11.4. The van der Waals surface area contributed by atoms with Gasteiger partial charge in [0.1, 0.15) is 5.56 Å². The highest BCUT2D eigenvalue weighted by Crippen LogP contribution is 2.28. The molecule has 11 nitrogen and oxygen atoms in total. The van der Waals surface area contributed by atoms with Crippen molar-refractivity contribution in [2.75, 3.05) is 42.9 Å². The molecule has 4 rings (SSSR count). The summed E-state index contributed by atoms with van der Waals surface area (Å²) in [7, 11) is 0. The summed E-state index contributed by atoms with van der Waals surface area (Å²) in [5.41, 5.74) is 1.75. The molecule has 0 spiro atoms. The van der Waals surface area contributed by atoms with Crippen molar-refractivity contribution in [1.29, 1.82) is 0 Å². The van der Waals surface area contributed by atoms with E-state index in [-0.39, 0.29) is 29.7 Å². The number of nitrogens with one attached hydrogen (secondary N) is 2. The number of carbonyl (C=O) groups excluding carboxylic acids is 2. The number of benzene rings is 2. The van der Waals surface area contributed by atoms with Gasteiger partial charge in [0.25, 0.3) is 17.5 Å². The molecular formula is C24H27N5O6. The number of piperazine rings is 1. The minimum atomic E-state index is -0.892. The van der Waals surface area contributed by atoms with Gasteiger partial charge in [-0.25, -0.2) is 0 Å². The molecule has 3 N–H and O–H groups in total. The van der Waals surface area contributed by atoms with E-state index in [9.17, 15) is 24.5 Å². The lowest BCUT2D eigenvalue weighted by molar-refractivity contribution is -0.385. The van der Waals surface area contributed by atoms with E-state index in [2.05, 4.69) is 10.6 Å². The van der Waals surface area contributed by atoms with Crippen LogP contribution in [0.3, 0.4) is 0 Å². The van der Waals surface area contributed by atoms with Crippen molar-refractivity contribution >= 4 is 34.8 Å². The third-order valence-electron chi connectivity index (χ3n) is 6.18. The molecule has 0 unspecified atom stereocenters. The summed E-state index contributed by atoms with van der Waals surface area (Å²) in [5, 5.41) is 26.2. The van der Waals surface area contributed by atoms with E-state index >= 15 is 0 Å². The van der Waals surface area contributed by atoms with Gasteiger partial charge in [0.05, 0.1) is 11.5 Å². The van der Waals surface area contributed by atoms with Crippen LogP contribution in [0.4, 0.5) is 17.1 Å². The largest absolute Gasteiger partial charge is 0.480 e. The molecular weight excluding hydrogens is 454 g/mol. The van der Waals surface area contributed by atoms with Gasteiger partial charge in [-0.2, -0.15) is 0 Å². The second-order valence-corrected chi connectivity index (χ2v) is 8.85. The Balaban J connectivity index is 1.53. The number of carbonyl (C=O) groups is 3. The van der Waals surface area contributed by atoms with Crippen LogP contribution in [0.2, 0.25) is 0 Å². The SMILES string of the molecule is Cc1ccc(C(=O)NC2CC2)cc1NC(=O)c1cc(N2CCN(CC(=O)O)CC2)ccc1[N+](=O)[O-]. The number of nitro benzene ring substituents is 1. The van der Waals surface area contributed by atoms with Gasteiger partial charge >= 0.3 is 5.97 Å². The number of hydrogen-bond acceptors (Lipinski definition) is 7. The molecule has 1 aliphatic heterocycles. The summed E-state index contributed by atoms with van der Waals surface area (Å²) >= 11 is 0. The van der Waals surface area contributed by atoms with Crippen LogP contribution >= 0.6 is 0 Å². The monoisotopic (exact) mass is 481 g/mol. The van der Waals surface area contributed by atoms with Crippen molar-refractivity contribution in [2.45, 2.75) is 25.8 Å². The topological polar surface area (TPSA) is 145 Å². The summed E-state index contributed by atoms with van der Waals surface area (Å²) in [5.74, 6) is -1.76. The molecule has 2 aromatic rings. The van der Waals surface area contributed by atoms with Crippen LogP contribution in [0.5, 0.6) is 0 Å². The lowest BCUT2D eigenvalue weighted by Gasteiger charge is -2.35. The number of carboxylic acids is 1. The van der Waals surface area contributed by atoms with Crippen molar-refractivity contribution in [2.24, 2.45) is 0 Å². The molecule has 1 aliphatic carbocycles. The van der Waals surface area contributed by atoms with Gasteiger partial charge in [-0.1, -0.05) is 6.07 Å². The zero-order valence-electron chi connectivity index (χ0n) is 19.3. The summed E-state index contributed by atoms with van der Waals surface area (Å²) in [4.78, 5) is 51.3. The molecule has 0 aromatic heterocycles. The number of amides is 2. The molecule has 2 amide bonds. The van der Waals surface area contributed by atoms with Crippen molar-refractivity contribution < 1.29 is 24.4 Å². The molecule has 1 saturated heterocycles. The number of aliphatic carboxylic acids is 1. The molecule has 2 aliphatic rings. The van der Waals surface area contributed by atoms with Crippen molar-refractivity contribution in [3.63, 3.8) is 0 Å². The van der Waals surface area contributed by atoms with Crippen LogP contribution in [0.25, 0.3) is 0 Å². The molecule has 0 bridgehead atoms. The first-order valence-electron chi connectivity index (χ1n) is 11.4. The number of aryl methyl sites for hydroxylation is 1. The molecule has 2 aromatic carbocycles. The molecule has 1 saturated carbocycles. The maximum Gasteiger partial charge on any atom is 0.317 e. The minimum absolute atomic E-state index is 0.0428. The van der Waals surface area contributed by atoms with Gasteiger partial charge in [-0.3, -0.25) is 29.4 Å². The van der Waals surface area contributed by atoms with E-state index in [1.807, 2.05) is 9.80 Å². The van der Waals surface area contributed by atoms with Gasteiger partial charge < -0.3 is 20.6 Å². The maximum atomic E-state index is 13.2. The van der Waals surface area contributed by atoms with Crippen LogP contribution in [0, 0.1) is 17.0 Å². The van der Waals surface area contributed by atoms with Crippen LogP contribution in [-0.2, 0) is 4.79 Å². The summed E-state index contributed by atoms with van der Waals surface area (Å²) < 4.78 is 0. The van der Waals surface area contributed by atoms with Gasteiger partial charge in [-0.05, 0) is 49.6 Å². The highest BCUT2D eigenvalue weighted by atomic mass is 16.6. The Morgan fingerprint density at radius 2 is 1.77 bits per heavy atom. The molecule has 35 heavy (non-hydrogen) atoms. The lowest BCUT2D eigenvalue weighted by Crippen LogP contribution is -2.48. The number of nitrogens with zero attached hydrogens (tertiary/aromatic N) is 3. The van der Waals surface area contributed by atoms with Crippen molar-refractivity contribution in [3.8, 4) is 0 Å². The molecule has 11 heteroatoms. The summed E-state index contributed by atoms with van der Waals surface area (Å²) in [6.45, 7) is 3.85. The zero-order valence-corrected chi connectivity index (χ0v) is 19.3. The number of carboxylic acid groups (broad SMARTS) is 1. The Labute approximate surface area is 201 Å². The first-order chi connectivity index (χ1) is 16.7. The summed E-state index contributed by atoms with van der Waals surface area (Å²) in [6, 6.07) is 9.55. The third-order valence-corrected chi connectivity index (χ3v) is 6.18. The molecule has 184 valence electrons. The van der Waals surface area contributed by atoms with Crippen LogP contribution in [0.15, 0.2) is 36.4 Å². The Hall–Kier alpha value is -3.99. The Bertz CT molecular complexity index is 1170. The Morgan fingerprint density at radius 3 is 2.40 bits per heavy atom. The van der Waals surface area contributed by atoms with E-state index < -0.39 is 16.8 Å². The standard InChI is InChI=1S/C24H27N5O6/c1-15-2-3-16(23(32)25-17-4-5-17)12-20(15)26-24(33)19-13-18(6-7-21(19)29(34)35)28-10-8-27(9-11-28)14-22(30)31/h2-3,6-7,12-13,17H,4-5,8-11,14H2,1H3,(H,25,32)(H,26,33)(H,30,31). The van der Waals surface area contributed by atoms with Crippen LogP contribution in [0.1, 0.15) is 39.1 Å². The van der Waals surface area contributed by atoms with Crippen molar-refractivity contribution in [1.82, 2.24) is 10.2 Å². The highest BCUT2D eigenvalue weighted by Gasteiger charge is 2.26. The number of anilines is 2. The van der Waals surface area contributed by atoms with Gasteiger partial charge in [-0.15, -0.1) is 0 Å². The van der Waals surface area contributed by atoms with E-state index in [1.165, 1.54) is 12.1 Å². The van der Waals surface area contributed by atoms with Gasteiger partial charge in [0.15, 0.2) is 0 Å². The average molecular weight is 482 g/mol.